The van der Waals surface area contributed by atoms with Crippen molar-refractivity contribution in [2.45, 2.75) is 39.7 Å². The van der Waals surface area contributed by atoms with Gasteiger partial charge in [-0.3, -0.25) is 10.3 Å². The molecule has 1 aromatic carbocycles. The van der Waals surface area contributed by atoms with Crippen LogP contribution in [0.25, 0.3) is 0 Å². The van der Waals surface area contributed by atoms with E-state index in [0.717, 1.165) is 6.54 Å². The van der Waals surface area contributed by atoms with E-state index < -0.39 is 0 Å². The first-order valence-electron chi connectivity index (χ1n) is 7.77. The van der Waals surface area contributed by atoms with E-state index in [1.54, 1.807) is 7.11 Å². The maximum atomic E-state index is 7.56. The third-order valence-corrected chi connectivity index (χ3v) is 4.98. The summed E-state index contributed by atoms with van der Waals surface area (Å²) in [4.78, 5) is 2.52. The SMILES string of the molecule is CCC1(CC)CCN(Cc2ccc(C(=N)N)c(OC)c2)C1. The summed E-state index contributed by atoms with van der Waals surface area (Å²) in [5.41, 5.74) is 7.96. The van der Waals surface area contributed by atoms with E-state index in [0.29, 0.717) is 16.7 Å². The summed E-state index contributed by atoms with van der Waals surface area (Å²) < 4.78 is 5.36. The van der Waals surface area contributed by atoms with Gasteiger partial charge < -0.3 is 10.5 Å². The highest BCUT2D eigenvalue weighted by Crippen LogP contribution is 2.37. The molecule has 1 aliphatic heterocycles. The minimum absolute atomic E-state index is 0.0514. The van der Waals surface area contributed by atoms with Crippen LogP contribution in [0, 0.1) is 10.8 Å². The first-order chi connectivity index (χ1) is 10.0. The standard InChI is InChI=1S/C17H27N3O/c1-4-17(5-2)8-9-20(12-17)11-13-6-7-14(16(18)19)15(10-13)21-3/h6-7,10H,4-5,8-9,11-12H2,1-3H3,(H3,18,19). The Bertz CT molecular complexity index is 509. The van der Waals surface area contributed by atoms with Gasteiger partial charge >= 0.3 is 0 Å². The summed E-state index contributed by atoms with van der Waals surface area (Å²) in [6.45, 7) is 7.89. The van der Waals surface area contributed by atoms with E-state index >= 15 is 0 Å². The van der Waals surface area contributed by atoms with Crippen molar-refractivity contribution in [3.8, 4) is 5.75 Å². The number of nitrogens with one attached hydrogen (secondary N) is 1. The molecule has 1 heterocycles. The number of likely N-dealkylation sites (tertiary alicyclic amines) is 1. The zero-order valence-electron chi connectivity index (χ0n) is 13.4. The number of nitrogens with two attached hydrogens (primary N) is 1. The van der Waals surface area contributed by atoms with Crippen LogP contribution in [0.5, 0.6) is 5.75 Å². The molecule has 1 saturated heterocycles. The second-order valence-electron chi connectivity index (χ2n) is 6.12. The molecule has 0 saturated carbocycles. The number of rotatable bonds is 6. The molecule has 0 unspecified atom stereocenters. The van der Waals surface area contributed by atoms with Gasteiger partial charge in [0, 0.05) is 13.1 Å². The van der Waals surface area contributed by atoms with Crippen LogP contribution in [0.3, 0.4) is 0 Å². The first-order valence-corrected chi connectivity index (χ1v) is 7.77. The van der Waals surface area contributed by atoms with Gasteiger partial charge in [0.25, 0.3) is 0 Å². The molecule has 4 nitrogen and oxygen atoms in total. The van der Waals surface area contributed by atoms with Crippen molar-refractivity contribution in [3.05, 3.63) is 29.3 Å². The molecule has 0 aliphatic carbocycles. The highest BCUT2D eigenvalue weighted by Gasteiger charge is 2.34. The molecule has 116 valence electrons. The zero-order valence-corrected chi connectivity index (χ0v) is 13.4. The van der Waals surface area contributed by atoms with Gasteiger partial charge in [-0.05, 0) is 48.9 Å². The molecule has 0 amide bonds. The minimum atomic E-state index is 0.0514. The predicted octanol–water partition coefficient (Wildman–Crippen LogP) is 2.99. The van der Waals surface area contributed by atoms with Crippen LogP contribution >= 0.6 is 0 Å². The molecule has 2 rings (SSSR count). The molecular formula is C17H27N3O. The molecule has 0 radical (unpaired) electrons. The number of ether oxygens (including phenoxy) is 1. The summed E-state index contributed by atoms with van der Waals surface area (Å²) in [6.07, 6.45) is 3.81. The second kappa shape index (κ2) is 6.48. The molecule has 0 aromatic heterocycles. The van der Waals surface area contributed by atoms with Gasteiger partial charge in [-0.1, -0.05) is 19.9 Å². The summed E-state index contributed by atoms with van der Waals surface area (Å²) in [7, 11) is 1.63. The number of amidine groups is 1. The predicted molar refractivity (Wildman–Crippen MR) is 86.9 cm³/mol. The molecule has 0 spiro atoms. The van der Waals surface area contributed by atoms with Crippen molar-refractivity contribution >= 4 is 5.84 Å². The molecule has 0 atom stereocenters. The van der Waals surface area contributed by atoms with Crippen LogP contribution in [-0.2, 0) is 6.54 Å². The fourth-order valence-corrected chi connectivity index (χ4v) is 3.30. The van der Waals surface area contributed by atoms with E-state index in [-0.39, 0.29) is 5.84 Å². The second-order valence-corrected chi connectivity index (χ2v) is 6.12. The summed E-state index contributed by atoms with van der Waals surface area (Å²) >= 11 is 0. The van der Waals surface area contributed by atoms with E-state index in [2.05, 4.69) is 24.8 Å². The van der Waals surface area contributed by atoms with Crippen molar-refractivity contribution in [2.75, 3.05) is 20.2 Å². The topological polar surface area (TPSA) is 62.3 Å². The minimum Gasteiger partial charge on any atom is -0.496 e. The van der Waals surface area contributed by atoms with E-state index in [9.17, 15) is 0 Å². The Hall–Kier alpha value is -1.55. The molecule has 1 aliphatic rings. The third kappa shape index (κ3) is 3.38. The van der Waals surface area contributed by atoms with E-state index in [4.69, 9.17) is 15.9 Å². The van der Waals surface area contributed by atoms with Gasteiger partial charge in [0.15, 0.2) is 0 Å². The smallest absolute Gasteiger partial charge is 0.130 e. The molecule has 0 bridgehead atoms. The normalized spacial score (nSPS) is 17.9. The summed E-state index contributed by atoms with van der Waals surface area (Å²) in [6, 6.07) is 5.95. The van der Waals surface area contributed by atoms with Crippen molar-refractivity contribution in [1.82, 2.24) is 4.90 Å². The van der Waals surface area contributed by atoms with Gasteiger partial charge in [-0.2, -0.15) is 0 Å². The van der Waals surface area contributed by atoms with Crippen LogP contribution in [0.4, 0.5) is 0 Å². The molecule has 1 fully saturated rings. The monoisotopic (exact) mass is 289 g/mol. The Kier molecular flexibility index (Phi) is 4.88. The molecule has 1 aromatic rings. The van der Waals surface area contributed by atoms with E-state index in [1.807, 2.05) is 12.1 Å². The van der Waals surface area contributed by atoms with Gasteiger partial charge in [0.2, 0.25) is 0 Å². The number of nitrogen functional groups attached to an aromatic ring is 1. The maximum Gasteiger partial charge on any atom is 0.130 e. The number of nitrogens with zero attached hydrogens (tertiary/aromatic N) is 1. The number of hydrogen-bond donors (Lipinski definition) is 2. The Morgan fingerprint density at radius 2 is 2.10 bits per heavy atom. The van der Waals surface area contributed by atoms with Gasteiger partial charge in [-0.15, -0.1) is 0 Å². The van der Waals surface area contributed by atoms with Crippen LogP contribution in [-0.4, -0.2) is 30.9 Å². The van der Waals surface area contributed by atoms with Gasteiger partial charge in [0.05, 0.1) is 12.7 Å². The highest BCUT2D eigenvalue weighted by molar-refractivity contribution is 5.97. The average Bonchev–Trinajstić information content (AvgIpc) is 2.90. The van der Waals surface area contributed by atoms with Gasteiger partial charge in [-0.25, -0.2) is 0 Å². The lowest BCUT2D eigenvalue weighted by Gasteiger charge is -2.26. The summed E-state index contributed by atoms with van der Waals surface area (Å²) in [5.74, 6) is 0.743. The fraction of sp³-hybridized carbons (Fsp3) is 0.588. The average molecular weight is 289 g/mol. The number of methoxy groups -OCH3 is 1. The highest BCUT2D eigenvalue weighted by atomic mass is 16.5. The Morgan fingerprint density at radius 1 is 1.38 bits per heavy atom. The zero-order chi connectivity index (χ0) is 15.5. The Labute approximate surface area is 127 Å². The maximum absolute atomic E-state index is 7.56. The van der Waals surface area contributed by atoms with Crippen LogP contribution in [0.15, 0.2) is 18.2 Å². The largest absolute Gasteiger partial charge is 0.496 e. The lowest BCUT2D eigenvalue weighted by Crippen LogP contribution is -2.26. The molecule has 4 heteroatoms. The number of hydrogen-bond acceptors (Lipinski definition) is 3. The van der Waals surface area contributed by atoms with Crippen LogP contribution in [0.2, 0.25) is 0 Å². The van der Waals surface area contributed by atoms with Gasteiger partial charge in [0.1, 0.15) is 11.6 Å². The third-order valence-electron chi connectivity index (χ3n) is 4.98. The van der Waals surface area contributed by atoms with Crippen molar-refractivity contribution in [2.24, 2.45) is 11.1 Å². The van der Waals surface area contributed by atoms with Crippen molar-refractivity contribution in [3.63, 3.8) is 0 Å². The van der Waals surface area contributed by atoms with Crippen molar-refractivity contribution in [1.29, 1.82) is 5.41 Å². The Morgan fingerprint density at radius 3 is 2.62 bits per heavy atom. The summed E-state index contributed by atoms with van der Waals surface area (Å²) in [5, 5.41) is 7.56. The fourth-order valence-electron chi connectivity index (χ4n) is 3.30. The van der Waals surface area contributed by atoms with Crippen molar-refractivity contribution < 1.29 is 4.74 Å². The quantitative estimate of drug-likeness (QED) is 0.625. The lowest BCUT2D eigenvalue weighted by molar-refractivity contribution is 0.236. The molecular weight excluding hydrogens is 262 g/mol. The van der Waals surface area contributed by atoms with E-state index in [1.165, 1.54) is 37.9 Å². The lowest BCUT2D eigenvalue weighted by atomic mass is 9.82. The molecule has 21 heavy (non-hydrogen) atoms. The number of benzene rings is 1. The first kappa shape index (κ1) is 15.8. The van der Waals surface area contributed by atoms with Crippen LogP contribution < -0.4 is 10.5 Å². The Balaban J connectivity index is 2.09. The van der Waals surface area contributed by atoms with Crippen LogP contribution in [0.1, 0.15) is 44.2 Å². The molecule has 3 N–H and O–H groups in total.